The number of hydrogen-bond donors (Lipinski definition) is 24. The molecule has 730 valence electrons. The van der Waals surface area contributed by atoms with Crippen LogP contribution in [0.3, 0.4) is 0 Å². The minimum atomic E-state index is -2.63. The molecule has 7 aromatic carbocycles. The molecule has 0 saturated carbocycles. The van der Waals surface area contributed by atoms with Gasteiger partial charge < -0.3 is 172 Å². The highest BCUT2D eigenvalue weighted by Gasteiger charge is 2.53. The molecule has 0 unspecified atom stereocenters. The SMILES string of the molecule is CC(=O)N[C@H]1[C@H](O[C@@H]2c3ccc(c(Cl)c3)Oc3cc4cc(c3O[C@@H]3O[C@H](CO)[C@@H](O)[C@H](O)[C@H]3NC(=O)CCCCCCC(C)C)Oc3ccc(cc3-c3ccoc3)C[C@H]3NC(=O)[C@H](N)c5ccc(O)c(c5)Oc5cc(O)cc(c5)[C@H](NC3=O)C(=O)N[C@H]4C(=O)N[C@H]3C(=O)N[C@@H]2C(=O)N[C@H](C(=O)O)c2c(Br)c(O)cc(O[C@H]4O[C@H](CO)[C@@H](O)[C@H](O)[C@@H]4O)c2-c2cc3ccc2O)O[C@H](CO)[C@@H](O)[C@@H]1O. The summed E-state index contributed by atoms with van der Waals surface area (Å²) in [7, 11) is 0. The number of nitrogens with two attached hydrogens (primary N) is 1. The predicted molar refractivity (Wildman–Crippen MR) is 473 cm³/mol. The van der Waals surface area contributed by atoms with Crippen molar-refractivity contribution in [2.45, 2.75) is 206 Å². The standard InChI is InChI=1S/C92H99BrClN9O34/c1-35(2)8-6-4-5-7-9-62(112)98-72-78(117)75(114)60(32-105)134-91(72)137-82-57-27-43-28-58(82)131-54-17-13-40(25-48(54)94)81(136-90-71(96-36(3)107)77(116)74(113)59(31-104)133-90)73-88(125)102-70(89(126)127)64-63(56(30-52(111)65(64)93)132-92-80(119)79(118)76(115)61(33-106)135-92)47-24-39(12-14-50(47)109)67(85(122)103-73)100-87(124)69(43)101-86(123)68-42-22-44(108)29-45(23-42)129-55-26-38(11-15-51(55)110)66(95)84(121)97-49(83(120)99-68)21-37-10-16-53(130-57)46(20-37)41-18-19-128-34-41/h10-20,22-30,34-35,49,59-61,66-81,90-92,104-106,108-111,113-119H,4-9,21,31-33,95H2,1-3H3,(H,96,107)(H,97,121)(H,98,112)(H,99,120)(H,100,124)(H,101,123)(H,102,125)(H,103,122)(H,126,127)/t49-,59-,60-,61-,66-,67-,68+,69-,70+,71-,72-,73+,74-,75-,76-,77-,78-,79+,80+,81-,90+,91+,92+/m1/s1. The highest BCUT2D eigenvalue weighted by atomic mass is 79.9. The van der Waals surface area contributed by atoms with Crippen molar-refractivity contribution in [1.82, 2.24) is 42.5 Å². The minimum absolute atomic E-state index is 0.0290. The lowest BCUT2D eigenvalue weighted by Gasteiger charge is -2.44. The molecule has 43 nitrogen and oxygen atoms in total. The number of ether oxygens (including phenoxy) is 9. The maximum absolute atomic E-state index is 17.2. The molecular formula is C92H99BrClN9O34. The van der Waals surface area contributed by atoms with Crippen LogP contribution in [0.2, 0.25) is 5.02 Å². The van der Waals surface area contributed by atoms with Crippen molar-refractivity contribution in [3.63, 3.8) is 0 Å². The van der Waals surface area contributed by atoms with E-state index in [0.717, 1.165) is 105 Å². The molecule has 0 radical (unpaired) electrons. The molecule has 25 N–H and O–H groups in total. The lowest BCUT2D eigenvalue weighted by atomic mass is 9.89. The van der Waals surface area contributed by atoms with Crippen LogP contribution in [0.15, 0.2) is 137 Å². The van der Waals surface area contributed by atoms with Gasteiger partial charge in [-0.25, -0.2) is 4.79 Å². The molecule has 9 aliphatic heterocycles. The molecule has 0 aliphatic carbocycles. The van der Waals surface area contributed by atoms with Gasteiger partial charge in [0.15, 0.2) is 35.3 Å². The van der Waals surface area contributed by atoms with E-state index in [4.69, 9.17) is 64.4 Å². The molecule has 17 rings (SSSR count). The second-order valence-corrected chi connectivity index (χ2v) is 35.5. The fraction of sp³-hybridized carbons (Fsp3) is 0.402. The first-order valence-corrected chi connectivity index (χ1v) is 44.7. The molecule has 45 heteroatoms. The van der Waals surface area contributed by atoms with Crippen molar-refractivity contribution in [3.05, 3.63) is 176 Å². The van der Waals surface area contributed by atoms with Crippen LogP contribution in [0, 0.1) is 5.92 Å². The summed E-state index contributed by atoms with van der Waals surface area (Å²) in [5, 5.41) is 192. The zero-order valence-corrected chi connectivity index (χ0v) is 75.2. The molecule has 23 atom stereocenters. The van der Waals surface area contributed by atoms with Crippen LogP contribution < -0.4 is 72.0 Å². The first kappa shape index (κ1) is 98.9. The molecule has 137 heavy (non-hydrogen) atoms. The van der Waals surface area contributed by atoms with E-state index in [-0.39, 0.29) is 45.9 Å². The minimum Gasteiger partial charge on any atom is -0.508 e. The number of aliphatic hydroxyl groups is 10. The van der Waals surface area contributed by atoms with Gasteiger partial charge in [0.2, 0.25) is 65.6 Å². The monoisotopic (exact) mass is 1990 g/mol. The van der Waals surface area contributed by atoms with Crippen LogP contribution in [0.25, 0.3) is 22.3 Å². The van der Waals surface area contributed by atoms with Gasteiger partial charge in [0.05, 0.1) is 41.8 Å². The number of hydrogen-bond acceptors (Lipinski definition) is 34. The molecule has 17 bridgehead atoms. The number of carboxylic acids is 1. The fourth-order valence-corrected chi connectivity index (χ4v) is 18.0. The summed E-state index contributed by atoms with van der Waals surface area (Å²) in [5.41, 5.74) is 3.16. The number of aromatic hydroxyl groups is 4. The Hall–Kier alpha value is -12.6. The van der Waals surface area contributed by atoms with Gasteiger partial charge in [-0.05, 0) is 141 Å². The summed E-state index contributed by atoms with van der Waals surface area (Å²) in [6.45, 7) is 1.95. The van der Waals surface area contributed by atoms with Gasteiger partial charge in [0.25, 0.3) is 0 Å². The maximum Gasteiger partial charge on any atom is 0.330 e. The number of aliphatic carboxylic acids is 1. The molecular weight excluding hydrogens is 1890 g/mol. The van der Waals surface area contributed by atoms with Crippen molar-refractivity contribution in [1.29, 1.82) is 0 Å². The topological polar surface area (TPSA) is 676 Å². The molecule has 8 aromatic rings. The fourth-order valence-electron chi connectivity index (χ4n) is 17.2. The van der Waals surface area contributed by atoms with E-state index in [1.807, 2.05) is 0 Å². The summed E-state index contributed by atoms with van der Waals surface area (Å²) in [5.74, 6) is -19.1. The summed E-state index contributed by atoms with van der Waals surface area (Å²) in [6, 6.07) is 1.76. The summed E-state index contributed by atoms with van der Waals surface area (Å²) in [6.07, 6.45) is -23.5. The number of unbranched alkanes of at least 4 members (excludes halogenated alkanes) is 3. The third-order valence-electron chi connectivity index (χ3n) is 24.4. The van der Waals surface area contributed by atoms with Gasteiger partial charge in [-0.2, -0.15) is 0 Å². The molecule has 0 spiro atoms. The van der Waals surface area contributed by atoms with Crippen LogP contribution in [-0.4, -0.2) is 254 Å². The Morgan fingerprint density at radius 1 is 0.533 bits per heavy atom. The van der Waals surface area contributed by atoms with E-state index < -0.39 is 320 Å². The van der Waals surface area contributed by atoms with Gasteiger partial charge in [0, 0.05) is 59.7 Å². The van der Waals surface area contributed by atoms with E-state index in [1.165, 1.54) is 48.9 Å². The Bertz CT molecular complexity index is 5920. The van der Waals surface area contributed by atoms with Gasteiger partial charge in [-0.1, -0.05) is 75.4 Å². The van der Waals surface area contributed by atoms with Crippen molar-refractivity contribution in [2.24, 2.45) is 11.7 Å². The van der Waals surface area contributed by atoms with Crippen molar-refractivity contribution in [2.75, 3.05) is 19.8 Å². The Kier molecular flexibility index (Phi) is 30.2. The zero-order chi connectivity index (χ0) is 98.1. The number of aliphatic hydroxyl groups excluding tert-OH is 10. The number of carboxylic acid groups (broad SMARTS) is 1. The number of halogens is 2. The summed E-state index contributed by atoms with van der Waals surface area (Å²) in [4.78, 5) is 140. The van der Waals surface area contributed by atoms with Crippen molar-refractivity contribution >= 4 is 80.8 Å². The number of amides is 8. The first-order chi connectivity index (χ1) is 65.4. The maximum atomic E-state index is 17.2. The number of phenols is 4. The number of benzene rings is 7. The number of phenolic OH excluding ortho intramolecular Hbond substituents is 4. The van der Waals surface area contributed by atoms with Gasteiger partial charge in [-0.3, -0.25) is 38.4 Å². The molecule has 3 saturated heterocycles. The smallest absolute Gasteiger partial charge is 0.330 e. The lowest BCUT2D eigenvalue weighted by Crippen LogP contribution is -2.65. The quantitative estimate of drug-likeness (QED) is 0.0487. The first-order valence-electron chi connectivity index (χ1n) is 43.5. The number of rotatable bonds is 20. The number of carbonyl (C=O) groups excluding carboxylic acids is 8. The zero-order valence-electron chi connectivity index (χ0n) is 72.9. The van der Waals surface area contributed by atoms with E-state index in [9.17, 15) is 95.8 Å². The van der Waals surface area contributed by atoms with Gasteiger partial charge in [-0.15, -0.1) is 0 Å². The van der Waals surface area contributed by atoms with Crippen LogP contribution in [0.1, 0.15) is 135 Å². The third kappa shape index (κ3) is 21.1. The van der Waals surface area contributed by atoms with E-state index in [0.29, 0.717) is 18.8 Å². The Morgan fingerprint density at radius 2 is 1.12 bits per heavy atom. The normalized spacial score (nSPS) is 28.3. The Morgan fingerprint density at radius 3 is 1.77 bits per heavy atom. The van der Waals surface area contributed by atoms with Crippen LogP contribution in [-0.2, 0) is 68.5 Å². The number of nitrogens with one attached hydrogen (secondary N) is 8. The lowest BCUT2D eigenvalue weighted by molar-refractivity contribution is -0.284. The van der Waals surface area contributed by atoms with E-state index in [2.05, 4.69) is 72.3 Å². The van der Waals surface area contributed by atoms with Crippen LogP contribution in [0.4, 0.5) is 0 Å². The number of furan rings is 1. The van der Waals surface area contributed by atoms with Crippen LogP contribution >= 0.6 is 27.5 Å². The number of carbonyl (C=O) groups is 9. The third-order valence-corrected chi connectivity index (χ3v) is 25.5. The molecule has 8 amide bonds. The Balaban J connectivity index is 1.01. The van der Waals surface area contributed by atoms with E-state index >= 15 is 24.0 Å². The van der Waals surface area contributed by atoms with Gasteiger partial charge >= 0.3 is 5.97 Å². The Labute approximate surface area is 791 Å². The molecule has 1 aromatic heterocycles. The average Bonchev–Trinajstić information content (AvgIpc) is 1.75. The largest absolute Gasteiger partial charge is 0.508 e. The highest BCUT2D eigenvalue weighted by molar-refractivity contribution is 9.10. The van der Waals surface area contributed by atoms with E-state index in [1.54, 1.807) is 0 Å². The second kappa shape index (κ2) is 41.8. The number of fused-ring (bicyclic) bond motifs is 14. The summed E-state index contributed by atoms with van der Waals surface area (Å²) < 4.78 is 63.3. The van der Waals surface area contributed by atoms with Gasteiger partial charge in [0.1, 0.15) is 156 Å². The van der Waals surface area contributed by atoms with Crippen LogP contribution in [0.5, 0.6) is 69.0 Å². The second-order valence-electron chi connectivity index (χ2n) is 34.3. The summed E-state index contributed by atoms with van der Waals surface area (Å²) >= 11 is 10.8. The van der Waals surface area contributed by atoms with Crippen molar-refractivity contribution in [3.8, 4) is 91.2 Å². The molecule has 10 heterocycles. The predicted octanol–water partition coefficient (Wildman–Crippen LogP) is 2.39. The average molecular weight is 1990 g/mol. The van der Waals surface area contributed by atoms with Crippen molar-refractivity contribution < 1.29 is 167 Å². The molecule has 3 fully saturated rings. The highest BCUT2D eigenvalue weighted by Crippen LogP contribution is 2.53. The molecule has 9 aliphatic rings.